The van der Waals surface area contributed by atoms with Crippen molar-refractivity contribution < 1.29 is 4.52 Å². The third-order valence-electron chi connectivity index (χ3n) is 4.45. The van der Waals surface area contributed by atoms with Crippen LogP contribution in [0.5, 0.6) is 0 Å². The molecule has 0 amide bonds. The van der Waals surface area contributed by atoms with Crippen molar-refractivity contribution >= 4 is 5.96 Å². The van der Waals surface area contributed by atoms with E-state index in [4.69, 9.17) is 9.52 Å². The Balaban J connectivity index is 1.66. The summed E-state index contributed by atoms with van der Waals surface area (Å²) in [5, 5.41) is 15.4. The van der Waals surface area contributed by atoms with E-state index in [-0.39, 0.29) is 0 Å². The van der Waals surface area contributed by atoms with Crippen molar-refractivity contribution in [3.8, 4) is 5.69 Å². The molecule has 0 spiro atoms. The number of hydrogen-bond acceptors (Lipinski definition) is 4. The summed E-state index contributed by atoms with van der Waals surface area (Å²) in [6.45, 7) is 8.13. The molecule has 0 aliphatic rings. The lowest BCUT2D eigenvalue weighted by Crippen LogP contribution is -2.37. The minimum absolute atomic E-state index is 0.545. The first-order chi connectivity index (χ1) is 13.7. The van der Waals surface area contributed by atoms with Crippen LogP contribution in [0.4, 0.5) is 0 Å². The highest BCUT2D eigenvalue weighted by molar-refractivity contribution is 5.79. The van der Waals surface area contributed by atoms with Gasteiger partial charge in [0.05, 0.1) is 30.2 Å². The Morgan fingerprint density at radius 3 is 2.61 bits per heavy atom. The quantitative estimate of drug-likeness (QED) is 0.463. The van der Waals surface area contributed by atoms with Crippen LogP contribution in [-0.4, -0.2) is 27.4 Å². The fourth-order valence-electron chi connectivity index (χ4n) is 2.97. The van der Waals surface area contributed by atoms with Crippen molar-refractivity contribution in [1.82, 2.24) is 25.6 Å². The summed E-state index contributed by atoms with van der Waals surface area (Å²) in [4.78, 5) is 4.71. The van der Waals surface area contributed by atoms with Gasteiger partial charge in [-0.25, -0.2) is 9.67 Å². The van der Waals surface area contributed by atoms with E-state index in [1.54, 1.807) is 0 Å². The Morgan fingerprint density at radius 1 is 1.07 bits per heavy atom. The summed E-state index contributed by atoms with van der Waals surface area (Å²) in [6, 6.07) is 12.1. The molecule has 0 bridgehead atoms. The molecule has 3 aromatic rings. The second kappa shape index (κ2) is 9.73. The van der Waals surface area contributed by atoms with Crippen LogP contribution in [0.25, 0.3) is 5.69 Å². The van der Waals surface area contributed by atoms with E-state index in [1.807, 2.05) is 47.3 Å². The van der Waals surface area contributed by atoms with Gasteiger partial charge in [-0.05, 0) is 31.5 Å². The molecule has 0 atom stereocenters. The molecule has 0 fully saturated rings. The topological polar surface area (TPSA) is 80.3 Å². The van der Waals surface area contributed by atoms with Crippen molar-refractivity contribution in [2.24, 2.45) is 4.99 Å². The Hall–Kier alpha value is -3.09. The van der Waals surface area contributed by atoms with Gasteiger partial charge in [0, 0.05) is 24.7 Å². The molecule has 0 unspecified atom stereocenters. The van der Waals surface area contributed by atoms with Gasteiger partial charge in [-0.3, -0.25) is 0 Å². The predicted molar refractivity (Wildman–Crippen MR) is 110 cm³/mol. The molecule has 148 valence electrons. The molecule has 2 aromatic heterocycles. The van der Waals surface area contributed by atoms with Gasteiger partial charge in [0.15, 0.2) is 5.96 Å². The van der Waals surface area contributed by atoms with Crippen LogP contribution in [0, 0.1) is 0 Å². The lowest BCUT2D eigenvalue weighted by molar-refractivity contribution is 0.380. The highest BCUT2D eigenvalue weighted by Gasteiger charge is 2.13. The van der Waals surface area contributed by atoms with E-state index in [9.17, 15) is 0 Å². The van der Waals surface area contributed by atoms with E-state index in [0.29, 0.717) is 13.1 Å². The number of aryl methyl sites for hydroxylation is 2. The minimum Gasteiger partial charge on any atom is -0.361 e. The summed E-state index contributed by atoms with van der Waals surface area (Å²) in [6.07, 6.45) is 3.63. The highest BCUT2D eigenvalue weighted by Crippen LogP contribution is 2.16. The van der Waals surface area contributed by atoms with Crippen molar-refractivity contribution in [1.29, 1.82) is 0 Å². The van der Waals surface area contributed by atoms with Crippen LogP contribution >= 0.6 is 0 Å². The fourth-order valence-corrected chi connectivity index (χ4v) is 2.97. The number of aliphatic imine (C=N–C) groups is 1. The predicted octanol–water partition coefficient (Wildman–Crippen LogP) is 3.24. The van der Waals surface area contributed by atoms with Crippen LogP contribution in [0.15, 0.2) is 52.1 Å². The lowest BCUT2D eigenvalue weighted by Gasteiger charge is -2.10. The molecule has 0 aliphatic carbocycles. The molecule has 2 N–H and O–H groups in total. The van der Waals surface area contributed by atoms with E-state index < -0.39 is 0 Å². The monoisotopic (exact) mass is 380 g/mol. The van der Waals surface area contributed by atoms with Gasteiger partial charge < -0.3 is 15.2 Å². The molecule has 3 rings (SSSR count). The molecule has 7 heteroatoms. The highest BCUT2D eigenvalue weighted by atomic mass is 16.5. The zero-order valence-electron chi connectivity index (χ0n) is 16.8. The molecule has 7 nitrogen and oxygen atoms in total. The maximum Gasteiger partial charge on any atom is 0.191 e. The average molecular weight is 380 g/mol. The zero-order valence-corrected chi connectivity index (χ0v) is 16.8. The SMILES string of the molecule is CCNC(=NCc1c(CC)noc1CC)NCc1ccn(-c2ccccc2)n1. The molecular formula is C21H28N6O. The van der Waals surface area contributed by atoms with E-state index in [0.717, 1.165) is 53.7 Å². The zero-order chi connectivity index (χ0) is 19.8. The number of para-hydroxylation sites is 1. The van der Waals surface area contributed by atoms with Crippen LogP contribution in [0.1, 0.15) is 43.5 Å². The van der Waals surface area contributed by atoms with Gasteiger partial charge in [0.25, 0.3) is 0 Å². The largest absolute Gasteiger partial charge is 0.361 e. The first-order valence-electron chi connectivity index (χ1n) is 9.83. The van der Waals surface area contributed by atoms with Gasteiger partial charge in [0.1, 0.15) is 5.76 Å². The molecule has 2 heterocycles. The van der Waals surface area contributed by atoms with Crippen LogP contribution in [0.2, 0.25) is 0 Å². The fraction of sp³-hybridized carbons (Fsp3) is 0.381. The summed E-state index contributed by atoms with van der Waals surface area (Å²) < 4.78 is 7.30. The van der Waals surface area contributed by atoms with Gasteiger partial charge >= 0.3 is 0 Å². The Kier molecular flexibility index (Phi) is 6.84. The van der Waals surface area contributed by atoms with Crippen molar-refractivity contribution in [2.45, 2.75) is 46.7 Å². The molecule has 0 saturated carbocycles. The lowest BCUT2D eigenvalue weighted by atomic mass is 10.1. The molecule has 1 aromatic carbocycles. The van der Waals surface area contributed by atoms with Crippen molar-refractivity contribution in [3.63, 3.8) is 0 Å². The standard InChI is InChI=1S/C21H28N6O/c1-4-19-18(20(5-2)28-26-19)15-24-21(22-6-3)23-14-16-12-13-27(25-16)17-10-8-7-9-11-17/h7-13H,4-6,14-15H2,1-3H3,(H2,22,23,24). The first-order valence-corrected chi connectivity index (χ1v) is 9.83. The van der Waals surface area contributed by atoms with Crippen LogP contribution in [-0.2, 0) is 25.9 Å². The average Bonchev–Trinajstić information content (AvgIpc) is 3.37. The number of nitrogens with one attached hydrogen (secondary N) is 2. The second-order valence-corrected chi connectivity index (χ2v) is 6.37. The summed E-state index contributed by atoms with van der Waals surface area (Å²) in [5.74, 6) is 1.67. The Morgan fingerprint density at radius 2 is 1.89 bits per heavy atom. The van der Waals surface area contributed by atoms with E-state index in [1.165, 1.54) is 0 Å². The van der Waals surface area contributed by atoms with Crippen molar-refractivity contribution in [2.75, 3.05) is 6.54 Å². The van der Waals surface area contributed by atoms with E-state index >= 15 is 0 Å². The number of aromatic nitrogens is 3. The Labute approximate surface area is 165 Å². The van der Waals surface area contributed by atoms with E-state index in [2.05, 4.69) is 41.7 Å². The Bertz CT molecular complexity index is 875. The van der Waals surface area contributed by atoms with Gasteiger partial charge in [-0.15, -0.1) is 0 Å². The first kappa shape index (κ1) is 19.7. The number of guanidine groups is 1. The molecule has 28 heavy (non-hydrogen) atoms. The summed E-state index contributed by atoms with van der Waals surface area (Å²) >= 11 is 0. The molecule has 0 saturated heterocycles. The molecule has 0 radical (unpaired) electrons. The van der Waals surface area contributed by atoms with Crippen molar-refractivity contribution in [3.05, 3.63) is 65.3 Å². The summed E-state index contributed by atoms with van der Waals surface area (Å²) in [7, 11) is 0. The maximum atomic E-state index is 5.43. The number of benzene rings is 1. The van der Waals surface area contributed by atoms with Gasteiger partial charge in [0.2, 0.25) is 0 Å². The normalized spacial score (nSPS) is 11.6. The maximum absolute atomic E-state index is 5.43. The third kappa shape index (κ3) is 4.79. The van der Waals surface area contributed by atoms with Crippen LogP contribution in [0.3, 0.4) is 0 Å². The number of rotatable bonds is 8. The number of hydrogen-bond donors (Lipinski definition) is 2. The molecular weight excluding hydrogens is 352 g/mol. The van der Waals surface area contributed by atoms with Gasteiger partial charge in [-0.2, -0.15) is 5.10 Å². The summed E-state index contributed by atoms with van der Waals surface area (Å²) in [5.41, 5.74) is 4.07. The third-order valence-corrected chi connectivity index (χ3v) is 4.45. The second-order valence-electron chi connectivity index (χ2n) is 6.37. The molecule has 0 aliphatic heterocycles. The smallest absolute Gasteiger partial charge is 0.191 e. The minimum atomic E-state index is 0.545. The number of nitrogens with zero attached hydrogens (tertiary/aromatic N) is 4. The van der Waals surface area contributed by atoms with Gasteiger partial charge in [-0.1, -0.05) is 37.2 Å². The van der Waals surface area contributed by atoms with Crippen LogP contribution < -0.4 is 10.6 Å².